The lowest BCUT2D eigenvalue weighted by Crippen LogP contribution is -2.00. The number of hydrogen-bond acceptors (Lipinski definition) is 1. The molecule has 1 aromatic heterocycles. The van der Waals surface area contributed by atoms with Crippen LogP contribution >= 0.6 is 11.6 Å². The highest BCUT2D eigenvalue weighted by molar-refractivity contribution is 6.31. The smallest absolute Gasteiger partial charge is 0.141 e. The van der Waals surface area contributed by atoms with Crippen LogP contribution in [-0.2, 0) is 6.54 Å². The number of aromatic amines is 1. The van der Waals surface area contributed by atoms with Crippen LogP contribution in [0.1, 0.15) is 5.56 Å². The Morgan fingerprint density at radius 2 is 2.05 bits per heavy atom. The molecule has 0 amide bonds. The SMILES string of the molecule is Fc1ccc(NCc2cccc3cc[nH]c23)cc1Cl. The average Bonchev–Trinajstić information content (AvgIpc) is 2.89. The van der Waals surface area contributed by atoms with E-state index in [2.05, 4.69) is 22.4 Å². The van der Waals surface area contributed by atoms with Crippen LogP contribution < -0.4 is 5.32 Å². The van der Waals surface area contributed by atoms with E-state index in [1.807, 2.05) is 18.3 Å². The van der Waals surface area contributed by atoms with Gasteiger partial charge in [0.05, 0.1) is 10.5 Å². The van der Waals surface area contributed by atoms with Crippen LogP contribution in [0.3, 0.4) is 0 Å². The van der Waals surface area contributed by atoms with Crippen molar-refractivity contribution in [1.82, 2.24) is 4.98 Å². The largest absolute Gasteiger partial charge is 0.381 e. The number of hydrogen-bond donors (Lipinski definition) is 2. The molecule has 0 aliphatic heterocycles. The Morgan fingerprint density at radius 3 is 2.89 bits per heavy atom. The quantitative estimate of drug-likeness (QED) is 0.719. The van der Waals surface area contributed by atoms with E-state index in [4.69, 9.17) is 11.6 Å². The first-order valence-electron chi connectivity index (χ1n) is 5.98. The molecule has 0 saturated carbocycles. The summed E-state index contributed by atoms with van der Waals surface area (Å²) in [7, 11) is 0. The molecule has 0 atom stereocenters. The van der Waals surface area contributed by atoms with Gasteiger partial charge in [-0.3, -0.25) is 0 Å². The highest BCUT2D eigenvalue weighted by Gasteiger charge is 2.03. The van der Waals surface area contributed by atoms with Gasteiger partial charge in [0, 0.05) is 18.4 Å². The molecule has 4 heteroatoms. The monoisotopic (exact) mass is 274 g/mol. The summed E-state index contributed by atoms with van der Waals surface area (Å²) in [5.74, 6) is -0.404. The minimum absolute atomic E-state index is 0.128. The highest BCUT2D eigenvalue weighted by atomic mass is 35.5. The normalized spacial score (nSPS) is 10.8. The molecule has 0 fully saturated rings. The number of nitrogens with one attached hydrogen (secondary N) is 2. The van der Waals surface area contributed by atoms with Gasteiger partial charge in [0.2, 0.25) is 0 Å². The van der Waals surface area contributed by atoms with Crippen molar-refractivity contribution in [3.05, 3.63) is 65.1 Å². The summed E-state index contributed by atoms with van der Waals surface area (Å²) in [6, 6.07) is 12.8. The molecule has 0 saturated heterocycles. The third kappa shape index (κ3) is 2.42. The van der Waals surface area contributed by atoms with Crippen LogP contribution in [0.5, 0.6) is 0 Å². The second-order valence-corrected chi connectivity index (χ2v) is 4.75. The first-order chi connectivity index (χ1) is 9.24. The molecule has 2 aromatic carbocycles. The van der Waals surface area contributed by atoms with Gasteiger partial charge >= 0.3 is 0 Å². The van der Waals surface area contributed by atoms with Crippen molar-refractivity contribution in [2.24, 2.45) is 0 Å². The number of anilines is 1. The van der Waals surface area contributed by atoms with Gasteiger partial charge < -0.3 is 10.3 Å². The lowest BCUT2D eigenvalue weighted by molar-refractivity contribution is 0.628. The average molecular weight is 275 g/mol. The molecule has 3 rings (SSSR count). The second kappa shape index (κ2) is 4.94. The van der Waals surface area contributed by atoms with Crippen LogP contribution in [0.15, 0.2) is 48.7 Å². The predicted octanol–water partition coefficient (Wildman–Crippen LogP) is 4.57. The first-order valence-corrected chi connectivity index (χ1v) is 6.36. The van der Waals surface area contributed by atoms with Crippen LogP contribution in [0.2, 0.25) is 5.02 Å². The van der Waals surface area contributed by atoms with Gasteiger partial charge in [0.25, 0.3) is 0 Å². The summed E-state index contributed by atoms with van der Waals surface area (Å²) >= 11 is 5.75. The third-order valence-corrected chi connectivity index (χ3v) is 3.37. The van der Waals surface area contributed by atoms with E-state index in [0.717, 1.165) is 16.8 Å². The second-order valence-electron chi connectivity index (χ2n) is 4.34. The maximum absolute atomic E-state index is 13.1. The van der Waals surface area contributed by atoms with Gasteiger partial charge in [-0.15, -0.1) is 0 Å². The Hall–Kier alpha value is -2.00. The maximum atomic E-state index is 13.1. The van der Waals surface area contributed by atoms with E-state index in [-0.39, 0.29) is 5.02 Å². The number of para-hydroxylation sites is 1. The molecular weight excluding hydrogens is 263 g/mol. The number of halogens is 2. The van der Waals surface area contributed by atoms with Crippen LogP contribution in [0, 0.1) is 5.82 Å². The van der Waals surface area contributed by atoms with E-state index >= 15 is 0 Å². The van der Waals surface area contributed by atoms with Gasteiger partial charge in [-0.2, -0.15) is 0 Å². The maximum Gasteiger partial charge on any atom is 0.141 e. The Bertz CT molecular complexity index is 721. The van der Waals surface area contributed by atoms with Crippen LogP contribution in [0.4, 0.5) is 10.1 Å². The molecule has 19 heavy (non-hydrogen) atoms. The van der Waals surface area contributed by atoms with Gasteiger partial charge in [-0.25, -0.2) is 4.39 Å². The molecule has 0 aliphatic rings. The third-order valence-electron chi connectivity index (χ3n) is 3.08. The summed E-state index contributed by atoms with van der Waals surface area (Å²) in [5.41, 5.74) is 3.07. The van der Waals surface area contributed by atoms with Crippen molar-refractivity contribution in [3.63, 3.8) is 0 Å². The number of H-pyrrole nitrogens is 1. The number of benzene rings is 2. The molecule has 0 radical (unpaired) electrons. The van der Waals surface area contributed by atoms with E-state index in [0.29, 0.717) is 6.54 Å². The Labute approximate surface area is 115 Å². The van der Waals surface area contributed by atoms with Crippen molar-refractivity contribution in [3.8, 4) is 0 Å². The molecule has 0 spiro atoms. The molecule has 2 nitrogen and oxygen atoms in total. The zero-order valence-electron chi connectivity index (χ0n) is 10.1. The predicted molar refractivity (Wildman–Crippen MR) is 77.0 cm³/mol. The van der Waals surface area contributed by atoms with E-state index in [1.165, 1.54) is 11.5 Å². The molecular formula is C15H12ClFN2. The van der Waals surface area contributed by atoms with Crippen LogP contribution in [0.25, 0.3) is 10.9 Å². The first kappa shape index (κ1) is 12.1. The molecule has 0 unspecified atom stereocenters. The van der Waals surface area contributed by atoms with E-state index in [1.54, 1.807) is 12.1 Å². The van der Waals surface area contributed by atoms with Crippen molar-refractivity contribution in [2.45, 2.75) is 6.54 Å². The molecule has 96 valence electrons. The standard InChI is InChI=1S/C15H12ClFN2/c16-13-8-12(4-5-14(13)17)19-9-11-3-1-2-10-6-7-18-15(10)11/h1-8,18-19H,9H2. The van der Waals surface area contributed by atoms with Crippen LogP contribution in [-0.4, -0.2) is 4.98 Å². The Balaban J connectivity index is 1.82. The summed E-state index contributed by atoms with van der Waals surface area (Å²) in [5, 5.41) is 4.54. The van der Waals surface area contributed by atoms with Gasteiger partial charge in [-0.05, 0) is 35.2 Å². The van der Waals surface area contributed by atoms with Crippen molar-refractivity contribution >= 4 is 28.2 Å². The lowest BCUT2D eigenvalue weighted by Gasteiger charge is -2.08. The fourth-order valence-electron chi connectivity index (χ4n) is 2.10. The van der Waals surface area contributed by atoms with Gasteiger partial charge in [0.1, 0.15) is 5.82 Å². The fraction of sp³-hybridized carbons (Fsp3) is 0.0667. The Kier molecular flexibility index (Phi) is 3.13. The van der Waals surface area contributed by atoms with Crippen molar-refractivity contribution < 1.29 is 4.39 Å². The van der Waals surface area contributed by atoms with Crippen molar-refractivity contribution in [2.75, 3.05) is 5.32 Å². The number of aromatic nitrogens is 1. The molecule has 2 N–H and O–H groups in total. The lowest BCUT2D eigenvalue weighted by atomic mass is 10.1. The number of fused-ring (bicyclic) bond motifs is 1. The zero-order chi connectivity index (χ0) is 13.2. The summed E-state index contributed by atoms with van der Waals surface area (Å²) < 4.78 is 13.1. The van der Waals surface area contributed by atoms with E-state index in [9.17, 15) is 4.39 Å². The fourth-order valence-corrected chi connectivity index (χ4v) is 2.28. The zero-order valence-corrected chi connectivity index (χ0v) is 10.8. The minimum Gasteiger partial charge on any atom is -0.381 e. The van der Waals surface area contributed by atoms with Gasteiger partial charge in [-0.1, -0.05) is 29.8 Å². The summed E-state index contributed by atoms with van der Waals surface area (Å²) in [6.07, 6.45) is 1.92. The molecule has 3 aromatic rings. The minimum atomic E-state index is -0.404. The van der Waals surface area contributed by atoms with Crippen molar-refractivity contribution in [1.29, 1.82) is 0 Å². The molecule has 0 aliphatic carbocycles. The highest BCUT2D eigenvalue weighted by Crippen LogP contribution is 2.21. The van der Waals surface area contributed by atoms with Gasteiger partial charge in [0.15, 0.2) is 0 Å². The summed E-state index contributed by atoms with van der Waals surface area (Å²) in [4.78, 5) is 3.22. The molecule has 1 heterocycles. The topological polar surface area (TPSA) is 27.8 Å². The van der Waals surface area contributed by atoms with E-state index < -0.39 is 5.82 Å². The molecule has 0 bridgehead atoms. The summed E-state index contributed by atoms with van der Waals surface area (Å²) in [6.45, 7) is 0.653. The number of rotatable bonds is 3. The Morgan fingerprint density at radius 1 is 1.16 bits per heavy atom.